The van der Waals surface area contributed by atoms with E-state index in [4.69, 9.17) is 4.74 Å². The van der Waals surface area contributed by atoms with Gasteiger partial charge in [-0.1, -0.05) is 25.0 Å². The quantitative estimate of drug-likeness (QED) is 0.874. The Kier molecular flexibility index (Phi) is 4.10. The molecule has 4 heteroatoms. The van der Waals surface area contributed by atoms with Crippen molar-refractivity contribution >= 4 is 5.91 Å². The van der Waals surface area contributed by atoms with Gasteiger partial charge < -0.3 is 15.2 Å². The summed E-state index contributed by atoms with van der Waals surface area (Å²) >= 11 is 0. The number of hydrogen-bond acceptors (Lipinski definition) is 3. The molecule has 1 aliphatic rings. The molecular weight excluding hydrogens is 242 g/mol. The highest BCUT2D eigenvalue weighted by molar-refractivity contribution is 5.98. The molecule has 0 bridgehead atoms. The van der Waals surface area contributed by atoms with Crippen molar-refractivity contribution in [3.8, 4) is 5.75 Å². The highest BCUT2D eigenvalue weighted by atomic mass is 16.5. The molecule has 0 spiro atoms. The molecule has 2 rings (SSSR count). The van der Waals surface area contributed by atoms with Crippen LogP contribution in [0, 0.1) is 6.92 Å². The summed E-state index contributed by atoms with van der Waals surface area (Å²) in [7, 11) is 1.56. The zero-order valence-corrected chi connectivity index (χ0v) is 11.5. The largest absolute Gasteiger partial charge is 0.496 e. The van der Waals surface area contributed by atoms with Crippen LogP contribution in [0.15, 0.2) is 18.2 Å². The molecule has 0 aliphatic heterocycles. The predicted octanol–water partition coefficient (Wildman–Crippen LogP) is 2.04. The fourth-order valence-electron chi connectivity index (χ4n) is 2.78. The zero-order chi connectivity index (χ0) is 13.9. The van der Waals surface area contributed by atoms with E-state index in [0.717, 1.165) is 31.2 Å². The molecule has 0 atom stereocenters. The highest BCUT2D eigenvalue weighted by Crippen LogP contribution is 2.30. The normalized spacial score (nSPS) is 17.2. The summed E-state index contributed by atoms with van der Waals surface area (Å²) in [6.45, 7) is 1.88. The second kappa shape index (κ2) is 5.61. The molecule has 0 radical (unpaired) electrons. The predicted molar refractivity (Wildman–Crippen MR) is 73.5 cm³/mol. The molecule has 0 aromatic heterocycles. The van der Waals surface area contributed by atoms with E-state index in [2.05, 4.69) is 5.32 Å². The van der Waals surface area contributed by atoms with Gasteiger partial charge in [0.2, 0.25) is 0 Å². The van der Waals surface area contributed by atoms with Gasteiger partial charge in [-0.3, -0.25) is 4.79 Å². The molecule has 0 unspecified atom stereocenters. The first-order chi connectivity index (χ1) is 9.12. The Morgan fingerprint density at radius 2 is 2.11 bits per heavy atom. The summed E-state index contributed by atoms with van der Waals surface area (Å²) in [6, 6.07) is 5.53. The van der Waals surface area contributed by atoms with Crippen LogP contribution >= 0.6 is 0 Å². The second-order valence-electron chi connectivity index (χ2n) is 5.25. The van der Waals surface area contributed by atoms with Crippen LogP contribution in [0.1, 0.15) is 41.6 Å². The molecule has 1 aromatic rings. The van der Waals surface area contributed by atoms with Gasteiger partial charge in [0.15, 0.2) is 0 Å². The van der Waals surface area contributed by atoms with Gasteiger partial charge in [-0.25, -0.2) is 0 Å². The summed E-state index contributed by atoms with van der Waals surface area (Å²) < 4.78 is 5.26. The van der Waals surface area contributed by atoms with Crippen molar-refractivity contribution in [1.82, 2.24) is 5.32 Å². The first kappa shape index (κ1) is 13.9. The minimum atomic E-state index is -0.454. The number of methoxy groups -OCH3 is 1. The van der Waals surface area contributed by atoms with Crippen molar-refractivity contribution in [2.75, 3.05) is 13.7 Å². The molecule has 0 saturated heterocycles. The van der Waals surface area contributed by atoms with Gasteiger partial charge in [0.25, 0.3) is 5.91 Å². The average Bonchev–Trinajstić information content (AvgIpc) is 2.87. The SMILES string of the molecule is COc1cccc(C)c1C(=O)NC1(CO)CCCC1. The van der Waals surface area contributed by atoms with Gasteiger partial charge in [-0.05, 0) is 31.4 Å². The summed E-state index contributed by atoms with van der Waals surface area (Å²) in [6.07, 6.45) is 3.77. The second-order valence-corrected chi connectivity index (χ2v) is 5.25. The maximum Gasteiger partial charge on any atom is 0.255 e. The number of rotatable bonds is 4. The lowest BCUT2D eigenvalue weighted by molar-refractivity contribution is 0.0835. The van der Waals surface area contributed by atoms with Crippen molar-refractivity contribution in [2.45, 2.75) is 38.1 Å². The van der Waals surface area contributed by atoms with Crippen LogP contribution < -0.4 is 10.1 Å². The molecule has 1 aliphatic carbocycles. The number of nitrogens with one attached hydrogen (secondary N) is 1. The van der Waals surface area contributed by atoms with Crippen LogP contribution in [0.5, 0.6) is 5.75 Å². The summed E-state index contributed by atoms with van der Waals surface area (Å²) in [5.74, 6) is 0.412. The van der Waals surface area contributed by atoms with Gasteiger partial charge in [-0.15, -0.1) is 0 Å². The number of aryl methyl sites for hydroxylation is 1. The van der Waals surface area contributed by atoms with Crippen LogP contribution in [0.2, 0.25) is 0 Å². The topological polar surface area (TPSA) is 58.6 Å². The third-order valence-electron chi connectivity index (χ3n) is 3.92. The molecular formula is C15H21NO3. The maximum absolute atomic E-state index is 12.5. The first-order valence-corrected chi connectivity index (χ1v) is 6.69. The van der Waals surface area contributed by atoms with Gasteiger partial charge in [0.1, 0.15) is 5.75 Å². The molecule has 0 heterocycles. The van der Waals surface area contributed by atoms with Crippen molar-refractivity contribution in [1.29, 1.82) is 0 Å². The van der Waals surface area contributed by atoms with E-state index in [1.807, 2.05) is 19.1 Å². The van der Waals surface area contributed by atoms with Crippen molar-refractivity contribution in [2.24, 2.45) is 0 Å². The molecule has 1 fully saturated rings. The monoisotopic (exact) mass is 263 g/mol. The van der Waals surface area contributed by atoms with Gasteiger partial charge in [0, 0.05) is 0 Å². The number of aliphatic hydroxyl groups excluding tert-OH is 1. The smallest absolute Gasteiger partial charge is 0.255 e. The van der Waals surface area contributed by atoms with E-state index < -0.39 is 5.54 Å². The van der Waals surface area contributed by atoms with E-state index in [1.54, 1.807) is 13.2 Å². The molecule has 19 heavy (non-hydrogen) atoms. The number of carbonyl (C=O) groups excluding carboxylic acids is 1. The van der Waals surface area contributed by atoms with Crippen LogP contribution in [-0.2, 0) is 0 Å². The Morgan fingerprint density at radius 1 is 1.42 bits per heavy atom. The summed E-state index contributed by atoms with van der Waals surface area (Å²) in [5.41, 5.74) is 0.984. The number of amides is 1. The summed E-state index contributed by atoms with van der Waals surface area (Å²) in [5, 5.41) is 12.6. The number of carbonyl (C=O) groups is 1. The number of benzene rings is 1. The number of hydrogen-bond donors (Lipinski definition) is 2. The molecule has 104 valence electrons. The fraction of sp³-hybridized carbons (Fsp3) is 0.533. The lowest BCUT2D eigenvalue weighted by atomic mass is 9.97. The van der Waals surface area contributed by atoms with E-state index in [1.165, 1.54) is 0 Å². The van der Waals surface area contributed by atoms with Crippen molar-refractivity contribution in [3.63, 3.8) is 0 Å². The first-order valence-electron chi connectivity index (χ1n) is 6.69. The molecule has 4 nitrogen and oxygen atoms in total. The minimum Gasteiger partial charge on any atom is -0.496 e. The standard InChI is InChI=1S/C15H21NO3/c1-11-6-5-7-12(19-2)13(11)14(18)16-15(10-17)8-3-4-9-15/h5-7,17H,3-4,8-10H2,1-2H3,(H,16,18). The molecule has 1 amide bonds. The molecule has 2 N–H and O–H groups in total. The van der Waals surface area contributed by atoms with Crippen molar-refractivity contribution < 1.29 is 14.6 Å². The number of aliphatic hydroxyl groups is 1. The maximum atomic E-state index is 12.5. The highest BCUT2D eigenvalue weighted by Gasteiger charge is 2.35. The van der Waals surface area contributed by atoms with E-state index in [9.17, 15) is 9.90 Å². The van der Waals surface area contributed by atoms with Crippen LogP contribution in [0.3, 0.4) is 0 Å². The number of ether oxygens (including phenoxy) is 1. The van der Waals surface area contributed by atoms with Gasteiger partial charge >= 0.3 is 0 Å². The lowest BCUT2D eigenvalue weighted by Crippen LogP contribution is -2.49. The molecule has 1 saturated carbocycles. The third-order valence-corrected chi connectivity index (χ3v) is 3.92. The average molecular weight is 263 g/mol. The van der Waals surface area contributed by atoms with Crippen LogP contribution in [0.25, 0.3) is 0 Å². The fourth-order valence-corrected chi connectivity index (χ4v) is 2.78. The third kappa shape index (κ3) is 2.73. The Hall–Kier alpha value is -1.55. The van der Waals surface area contributed by atoms with E-state index in [0.29, 0.717) is 11.3 Å². The Labute approximate surface area is 113 Å². The summed E-state index contributed by atoms with van der Waals surface area (Å²) in [4.78, 5) is 12.5. The van der Waals surface area contributed by atoms with Crippen LogP contribution in [0.4, 0.5) is 0 Å². The van der Waals surface area contributed by atoms with Crippen molar-refractivity contribution in [3.05, 3.63) is 29.3 Å². The zero-order valence-electron chi connectivity index (χ0n) is 11.5. The molecule has 1 aromatic carbocycles. The van der Waals surface area contributed by atoms with E-state index in [-0.39, 0.29) is 12.5 Å². The minimum absolute atomic E-state index is 0.00701. The Balaban J connectivity index is 2.25. The van der Waals surface area contributed by atoms with Crippen LogP contribution in [-0.4, -0.2) is 30.3 Å². The van der Waals surface area contributed by atoms with Gasteiger partial charge in [-0.2, -0.15) is 0 Å². The van der Waals surface area contributed by atoms with Gasteiger partial charge in [0.05, 0.1) is 24.8 Å². The Morgan fingerprint density at radius 3 is 2.68 bits per heavy atom. The lowest BCUT2D eigenvalue weighted by Gasteiger charge is -2.28. The van der Waals surface area contributed by atoms with E-state index >= 15 is 0 Å². The Bertz CT molecular complexity index is 464.